The van der Waals surface area contributed by atoms with Gasteiger partial charge < -0.3 is 20.1 Å². The molecule has 0 spiro atoms. The summed E-state index contributed by atoms with van der Waals surface area (Å²) in [5.74, 6) is -1.79. The van der Waals surface area contributed by atoms with Crippen molar-refractivity contribution in [3.63, 3.8) is 0 Å². The van der Waals surface area contributed by atoms with Crippen molar-refractivity contribution in [3.8, 4) is 0 Å². The fraction of sp³-hybridized carbons (Fsp3) is 0.385. The molecule has 0 aliphatic rings. The van der Waals surface area contributed by atoms with Crippen LogP contribution in [-0.2, 0) is 27.4 Å². The number of benzene rings is 1. The first-order chi connectivity index (χ1) is 8.99. The molecule has 0 saturated heterocycles. The molecule has 19 heavy (non-hydrogen) atoms. The number of carboxylic acid groups (broad SMARTS) is 1. The van der Waals surface area contributed by atoms with E-state index in [0.717, 1.165) is 0 Å². The number of aliphatic hydroxyl groups is 2. The lowest BCUT2D eigenvalue weighted by Crippen LogP contribution is -2.14. The van der Waals surface area contributed by atoms with Crippen LogP contribution in [0.3, 0.4) is 0 Å². The van der Waals surface area contributed by atoms with E-state index < -0.39 is 18.0 Å². The highest BCUT2D eigenvalue weighted by atomic mass is 16.5. The minimum atomic E-state index is -1.65. The van der Waals surface area contributed by atoms with Crippen LogP contribution in [0.4, 0.5) is 0 Å². The highest BCUT2D eigenvalue weighted by Crippen LogP contribution is 2.22. The number of ether oxygens (including phenoxy) is 1. The van der Waals surface area contributed by atoms with Gasteiger partial charge in [-0.1, -0.05) is 18.2 Å². The van der Waals surface area contributed by atoms with Crippen LogP contribution in [0.15, 0.2) is 18.2 Å². The van der Waals surface area contributed by atoms with Gasteiger partial charge >= 0.3 is 11.9 Å². The Morgan fingerprint density at radius 3 is 2.58 bits per heavy atom. The number of rotatable bonds is 6. The van der Waals surface area contributed by atoms with E-state index in [-0.39, 0.29) is 25.0 Å². The molecule has 0 saturated carbocycles. The van der Waals surface area contributed by atoms with Gasteiger partial charge in [0.1, 0.15) is 0 Å². The summed E-state index contributed by atoms with van der Waals surface area (Å²) in [6, 6.07) is 4.55. The number of esters is 1. The van der Waals surface area contributed by atoms with Crippen LogP contribution >= 0.6 is 0 Å². The van der Waals surface area contributed by atoms with Crippen LogP contribution in [0.1, 0.15) is 29.2 Å². The molecule has 0 aromatic heterocycles. The predicted molar refractivity (Wildman–Crippen MR) is 65.3 cm³/mol. The summed E-state index contributed by atoms with van der Waals surface area (Å²) in [6.45, 7) is -0.200. The summed E-state index contributed by atoms with van der Waals surface area (Å²) in [6.07, 6.45) is -1.34. The first-order valence-electron chi connectivity index (χ1n) is 5.69. The Bertz CT molecular complexity index is 468. The van der Waals surface area contributed by atoms with Crippen molar-refractivity contribution in [1.29, 1.82) is 0 Å². The first kappa shape index (κ1) is 15.1. The normalized spacial score (nSPS) is 11.9. The Morgan fingerprint density at radius 1 is 1.37 bits per heavy atom. The van der Waals surface area contributed by atoms with E-state index in [9.17, 15) is 14.7 Å². The van der Waals surface area contributed by atoms with Gasteiger partial charge in [-0.3, -0.25) is 4.79 Å². The molecular weight excluding hydrogens is 252 g/mol. The second-order valence-electron chi connectivity index (χ2n) is 4.01. The lowest BCUT2D eigenvalue weighted by atomic mass is 9.96. The molecule has 0 fully saturated rings. The van der Waals surface area contributed by atoms with E-state index in [0.29, 0.717) is 11.1 Å². The van der Waals surface area contributed by atoms with Crippen LogP contribution in [-0.4, -0.2) is 34.4 Å². The lowest BCUT2D eigenvalue weighted by molar-refractivity contribution is -0.147. The molecule has 1 aromatic rings. The van der Waals surface area contributed by atoms with E-state index in [4.69, 9.17) is 10.2 Å². The number of hydrogen-bond donors (Lipinski definition) is 3. The van der Waals surface area contributed by atoms with Gasteiger partial charge in [0.2, 0.25) is 0 Å². The summed E-state index contributed by atoms with van der Waals surface area (Å²) in [4.78, 5) is 21.9. The van der Waals surface area contributed by atoms with Gasteiger partial charge in [0.05, 0.1) is 13.7 Å². The number of hydrogen-bond acceptors (Lipinski definition) is 5. The number of aryl methyl sites for hydroxylation is 1. The van der Waals surface area contributed by atoms with Crippen molar-refractivity contribution >= 4 is 11.9 Å². The first-order valence-corrected chi connectivity index (χ1v) is 5.69. The van der Waals surface area contributed by atoms with E-state index in [1.165, 1.54) is 19.2 Å². The Hall–Kier alpha value is -1.92. The van der Waals surface area contributed by atoms with Gasteiger partial charge in [0, 0.05) is 6.42 Å². The maximum Gasteiger partial charge on any atom is 0.337 e. The molecule has 1 rings (SSSR count). The molecule has 104 valence electrons. The van der Waals surface area contributed by atoms with Crippen molar-refractivity contribution in [3.05, 3.63) is 34.9 Å². The van der Waals surface area contributed by atoms with Crippen LogP contribution in [0.2, 0.25) is 0 Å². The Labute approximate surface area is 110 Å². The average molecular weight is 268 g/mol. The Balaban J connectivity index is 3.02. The van der Waals surface area contributed by atoms with Crippen molar-refractivity contribution < 1.29 is 29.6 Å². The van der Waals surface area contributed by atoms with Crippen LogP contribution in [0.25, 0.3) is 0 Å². The van der Waals surface area contributed by atoms with Gasteiger partial charge in [-0.05, 0) is 23.1 Å². The summed E-state index contributed by atoms with van der Waals surface area (Å²) >= 11 is 0. The Kier molecular flexibility index (Phi) is 5.47. The van der Waals surface area contributed by atoms with Crippen molar-refractivity contribution in [2.45, 2.75) is 25.6 Å². The lowest BCUT2D eigenvalue weighted by Gasteiger charge is -2.13. The number of carbonyl (C=O) groups excluding carboxylic acids is 1. The molecular formula is C13H16O6. The van der Waals surface area contributed by atoms with Crippen molar-refractivity contribution in [2.75, 3.05) is 7.11 Å². The molecule has 6 heteroatoms. The zero-order chi connectivity index (χ0) is 14.4. The third-order valence-electron chi connectivity index (χ3n) is 2.74. The van der Waals surface area contributed by atoms with E-state index in [1.54, 1.807) is 6.07 Å². The van der Waals surface area contributed by atoms with Gasteiger partial charge in [0.15, 0.2) is 6.10 Å². The van der Waals surface area contributed by atoms with Gasteiger partial charge in [-0.2, -0.15) is 0 Å². The second kappa shape index (κ2) is 6.86. The smallest absolute Gasteiger partial charge is 0.337 e. The maximum absolute atomic E-state index is 11.1. The SMILES string of the molecule is COC(=O)CCc1cc(CO)ccc1C(O)C(=O)O. The zero-order valence-electron chi connectivity index (χ0n) is 10.5. The van der Waals surface area contributed by atoms with Crippen molar-refractivity contribution in [2.24, 2.45) is 0 Å². The van der Waals surface area contributed by atoms with E-state index >= 15 is 0 Å². The molecule has 1 aromatic carbocycles. The minimum absolute atomic E-state index is 0.0741. The minimum Gasteiger partial charge on any atom is -0.479 e. The summed E-state index contributed by atoms with van der Waals surface area (Å²) < 4.78 is 4.51. The molecule has 1 unspecified atom stereocenters. The van der Waals surface area contributed by atoms with Gasteiger partial charge in [0.25, 0.3) is 0 Å². The number of aliphatic carboxylic acids is 1. The number of carbonyl (C=O) groups is 2. The molecule has 6 nitrogen and oxygen atoms in total. The summed E-state index contributed by atoms with van der Waals surface area (Å²) in [5.41, 5.74) is 1.31. The molecule has 3 N–H and O–H groups in total. The number of methoxy groups -OCH3 is 1. The van der Waals surface area contributed by atoms with Crippen LogP contribution in [0.5, 0.6) is 0 Å². The van der Waals surface area contributed by atoms with Crippen molar-refractivity contribution in [1.82, 2.24) is 0 Å². The Morgan fingerprint density at radius 2 is 2.05 bits per heavy atom. The monoisotopic (exact) mass is 268 g/mol. The van der Waals surface area contributed by atoms with Gasteiger partial charge in [-0.25, -0.2) is 4.79 Å². The molecule has 0 aliphatic heterocycles. The molecule has 0 bridgehead atoms. The maximum atomic E-state index is 11.1. The number of carboxylic acids is 1. The molecule has 0 radical (unpaired) electrons. The fourth-order valence-electron chi connectivity index (χ4n) is 1.71. The van der Waals surface area contributed by atoms with Crippen LogP contribution < -0.4 is 0 Å². The number of aliphatic hydroxyl groups excluding tert-OH is 2. The zero-order valence-corrected chi connectivity index (χ0v) is 10.5. The average Bonchev–Trinajstić information content (AvgIpc) is 2.43. The fourth-order valence-corrected chi connectivity index (χ4v) is 1.71. The molecule has 1 atom stereocenters. The molecule has 0 amide bonds. The van der Waals surface area contributed by atoms with Gasteiger partial charge in [-0.15, -0.1) is 0 Å². The third-order valence-corrected chi connectivity index (χ3v) is 2.74. The largest absolute Gasteiger partial charge is 0.479 e. The highest BCUT2D eigenvalue weighted by molar-refractivity contribution is 5.75. The van der Waals surface area contributed by atoms with E-state index in [2.05, 4.69) is 4.74 Å². The third kappa shape index (κ3) is 4.04. The topological polar surface area (TPSA) is 104 Å². The predicted octanol–water partition coefficient (Wildman–Crippen LogP) is 0.403. The van der Waals surface area contributed by atoms with Crippen LogP contribution in [0, 0.1) is 0 Å². The highest BCUT2D eigenvalue weighted by Gasteiger charge is 2.20. The quantitative estimate of drug-likeness (QED) is 0.645. The standard InChI is InChI=1S/C13H16O6/c1-19-11(15)5-3-9-6-8(7-14)2-4-10(9)12(16)13(17)18/h2,4,6,12,14,16H,3,5,7H2,1H3,(H,17,18). The second-order valence-corrected chi connectivity index (χ2v) is 4.01. The molecule has 0 aliphatic carbocycles. The summed E-state index contributed by atoms with van der Waals surface area (Å²) in [7, 11) is 1.26. The molecule has 0 heterocycles. The summed E-state index contributed by atoms with van der Waals surface area (Å²) in [5, 5.41) is 27.5. The van der Waals surface area contributed by atoms with E-state index in [1.807, 2.05) is 0 Å².